The highest BCUT2D eigenvalue weighted by Crippen LogP contribution is 2.26. The zero-order valence-electron chi connectivity index (χ0n) is 11.6. The number of rotatable bonds is 4. The average molecular weight is 320 g/mol. The van der Waals surface area contributed by atoms with Gasteiger partial charge < -0.3 is 20.9 Å². The predicted molar refractivity (Wildman–Crippen MR) is 81.6 cm³/mol. The predicted octanol–water partition coefficient (Wildman–Crippen LogP) is 1.80. The molecule has 0 saturated heterocycles. The van der Waals surface area contributed by atoms with E-state index in [1.54, 1.807) is 13.8 Å². The zero-order chi connectivity index (χ0) is 15.1. The molecule has 6 N–H and O–H groups in total. The smallest absolute Gasteiger partial charge is 0.412 e. The monoisotopic (exact) mass is 319 g/mol. The number of nitrogen functional groups attached to an aromatic ring is 2. The van der Waals surface area contributed by atoms with Gasteiger partial charge >= 0.3 is 12.2 Å². The Balaban J connectivity index is 0.00000400. The van der Waals surface area contributed by atoms with Crippen LogP contribution in [0.2, 0.25) is 0 Å². The second-order valence-corrected chi connectivity index (χ2v) is 3.55. The lowest BCUT2D eigenvalue weighted by Crippen LogP contribution is -2.19. The second-order valence-electron chi connectivity index (χ2n) is 3.55. The van der Waals surface area contributed by atoms with Crippen LogP contribution in [0.25, 0.3) is 0 Å². The maximum atomic E-state index is 11.3. The minimum Gasteiger partial charge on any atom is -0.450 e. The number of nitrogens with two attached hydrogens (primary N) is 2. The lowest BCUT2D eigenvalue weighted by Gasteiger charge is -2.12. The highest BCUT2D eigenvalue weighted by atomic mass is 35.5. The highest BCUT2D eigenvalue weighted by Gasteiger charge is 2.13. The number of halogens is 1. The molecule has 0 aliphatic carbocycles. The molecule has 1 aromatic rings. The quantitative estimate of drug-likeness (QED) is 0.662. The van der Waals surface area contributed by atoms with Crippen molar-refractivity contribution in [2.45, 2.75) is 13.8 Å². The van der Waals surface area contributed by atoms with Crippen molar-refractivity contribution in [1.82, 2.24) is 4.98 Å². The van der Waals surface area contributed by atoms with Crippen LogP contribution in [0.1, 0.15) is 13.8 Å². The first-order valence-electron chi connectivity index (χ1n) is 5.91. The summed E-state index contributed by atoms with van der Waals surface area (Å²) in [5.41, 5.74) is 11.6. The maximum Gasteiger partial charge on any atom is 0.412 e. The third-order valence-electron chi connectivity index (χ3n) is 2.09. The number of anilines is 4. The number of carbonyl (C=O) groups excluding carboxylic acids is 2. The van der Waals surface area contributed by atoms with Gasteiger partial charge in [-0.25, -0.2) is 14.6 Å². The van der Waals surface area contributed by atoms with Gasteiger partial charge in [-0.05, 0) is 13.8 Å². The summed E-state index contributed by atoms with van der Waals surface area (Å²) in [6, 6.07) is 1.35. The molecule has 0 fully saturated rings. The van der Waals surface area contributed by atoms with E-state index < -0.39 is 12.2 Å². The van der Waals surface area contributed by atoms with Crippen molar-refractivity contribution in [2.24, 2.45) is 0 Å². The van der Waals surface area contributed by atoms with E-state index in [1.807, 2.05) is 0 Å². The van der Waals surface area contributed by atoms with E-state index in [2.05, 4.69) is 15.6 Å². The number of nitrogens with zero attached hydrogens (tertiary/aromatic N) is 1. The van der Waals surface area contributed by atoms with Gasteiger partial charge in [-0.15, -0.1) is 12.4 Å². The summed E-state index contributed by atoms with van der Waals surface area (Å²) in [6.45, 7) is 3.73. The normalized spacial score (nSPS) is 9.24. The molecule has 118 valence electrons. The first-order chi connectivity index (χ1) is 9.47. The summed E-state index contributed by atoms with van der Waals surface area (Å²) >= 11 is 0. The van der Waals surface area contributed by atoms with Crippen LogP contribution in [0.4, 0.5) is 32.6 Å². The van der Waals surface area contributed by atoms with Crippen molar-refractivity contribution in [2.75, 3.05) is 35.3 Å². The van der Waals surface area contributed by atoms with Crippen LogP contribution in [0.15, 0.2) is 6.07 Å². The number of hydrogen-bond acceptors (Lipinski definition) is 7. The topological polar surface area (TPSA) is 142 Å². The molecule has 1 heterocycles. The number of nitrogens with one attached hydrogen (secondary N) is 2. The summed E-state index contributed by atoms with van der Waals surface area (Å²) in [4.78, 5) is 26.6. The van der Waals surface area contributed by atoms with Crippen molar-refractivity contribution in [1.29, 1.82) is 0 Å². The van der Waals surface area contributed by atoms with Gasteiger partial charge in [0.15, 0.2) is 5.82 Å². The largest absolute Gasteiger partial charge is 0.450 e. The molecule has 0 atom stereocenters. The molecule has 21 heavy (non-hydrogen) atoms. The number of aromatic nitrogens is 1. The molecule has 0 saturated carbocycles. The van der Waals surface area contributed by atoms with Gasteiger partial charge in [0.1, 0.15) is 5.82 Å². The molecule has 2 amide bonds. The summed E-state index contributed by atoms with van der Waals surface area (Å²) in [6.07, 6.45) is -1.41. The Morgan fingerprint density at radius 1 is 1.14 bits per heavy atom. The highest BCUT2D eigenvalue weighted by molar-refractivity contribution is 5.93. The molecule has 1 rings (SSSR count). The van der Waals surface area contributed by atoms with Gasteiger partial charge in [-0.1, -0.05) is 0 Å². The van der Waals surface area contributed by atoms with E-state index >= 15 is 0 Å². The van der Waals surface area contributed by atoms with Crippen molar-refractivity contribution in [3.8, 4) is 0 Å². The fourth-order valence-electron chi connectivity index (χ4n) is 1.27. The standard InChI is InChI=1S/C11H17N5O4.ClH/c1-3-19-10(17)15-7-5-6(12)8(13)9(14-7)16-11(18)20-4-2;/h5H,3-4,13H2,1-2H3,(H4,12,14,15,16,17,18);1H. The minimum atomic E-state index is -0.723. The van der Waals surface area contributed by atoms with Crippen LogP contribution >= 0.6 is 12.4 Å². The van der Waals surface area contributed by atoms with Crippen molar-refractivity contribution in [3.63, 3.8) is 0 Å². The molecule has 10 heteroatoms. The van der Waals surface area contributed by atoms with Crippen LogP contribution in [-0.2, 0) is 9.47 Å². The van der Waals surface area contributed by atoms with E-state index in [0.717, 1.165) is 0 Å². The van der Waals surface area contributed by atoms with E-state index in [0.29, 0.717) is 0 Å². The maximum absolute atomic E-state index is 11.3. The molecule has 0 aromatic carbocycles. The van der Waals surface area contributed by atoms with Crippen LogP contribution < -0.4 is 22.1 Å². The SMILES string of the molecule is CCOC(=O)Nc1cc(N)c(N)c(NC(=O)OCC)n1.Cl. The number of carbonyl (C=O) groups is 2. The fourth-order valence-corrected chi connectivity index (χ4v) is 1.27. The number of ether oxygens (including phenoxy) is 2. The second kappa shape index (κ2) is 8.69. The van der Waals surface area contributed by atoms with Crippen molar-refractivity contribution < 1.29 is 19.1 Å². The summed E-state index contributed by atoms with van der Waals surface area (Å²) < 4.78 is 9.40. The van der Waals surface area contributed by atoms with Gasteiger partial charge in [0, 0.05) is 6.07 Å². The zero-order valence-corrected chi connectivity index (χ0v) is 12.5. The van der Waals surface area contributed by atoms with Crippen molar-refractivity contribution >= 4 is 47.6 Å². The van der Waals surface area contributed by atoms with Gasteiger partial charge in [0.25, 0.3) is 0 Å². The Morgan fingerprint density at radius 2 is 1.67 bits per heavy atom. The molecule has 0 bridgehead atoms. The Hall–Kier alpha value is -2.42. The first-order valence-corrected chi connectivity index (χ1v) is 5.91. The van der Waals surface area contributed by atoms with Gasteiger partial charge in [-0.2, -0.15) is 0 Å². The summed E-state index contributed by atoms with van der Waals surface area (Å²) in [5, 5.41) is 4.68. The summed E-state index contributed by atoms with van der Waals surface area (Å²) in [7, 11) is 0. The molecule has 1 aromatic heterocycles. The number of amides is 2. The van der Waals surface area contributed by atoms with Gasteiger partial charge in [0.05, 0.1) is 24.6 Å². The molecule has 0 unspecified atom stereocenters. The Bertz CT molecular complexity index is 512. The van der Waals surface area contributed by atoms with Crippen LogP contribution in [0, 0.1) is 0 Å². The van der Waals surface area contributed by atoms with Crippen molar-refractivity contribution in [3.05, 3.63) is 6.07 Å². The Kier molecular flexibility index (Phi) is 7.69. The third-order valence-corrected chi connectivity index (χ3v) is 2.09. The van der Waals surface area contributed by atoms with Crippen LogP contribution in [0.3, 0.4) is 0 Å². The molecular formula is C11H18ClN5O4. The lowest BCUT2D eigenvalue weighted by atomic mass is 10.3. The van der Waals surface area contributed by atoms with Gasteiger partial charge in [-0.3, -0.25) is 10.6 Å². The van der Waals surface area contributed by atoms with E-state index in [-0.39, 0.29) is 48.6 Å². The van der Waals surface area contributed by atoms with Crippen LogP contribution in [0.5, 0.6) is 0 Å². The molecular weight excluding hydrogens is 302 g/mol. The Labute approximate surface area is 127 Å². The third kappa shape index (κ3) is 5.61. The van der Waals surface area contributed by atoms with Crippen LogP contribution in [-0.4, -0.2) is 30.4 Å². The molecule has 0 aliphatic rings. The van der Waals surface area contributed by atoms with E-state index in [9.17, 15) is 9.59 Å². The van der Waals surface area contributed by atoms with E-state index in [1.165, 1.54) is 6.07 Å². The molecule has 9 nitrogen and oxygen atoms in total. The van der Waals surface area contributed by atoms with E-state index in [4.69, 9.17) is 20.9 Å². The number of hydrogen-bond donors (Lipinski definition) is 4. The van der Waals surface area contributed by atoms with Gasteiger partial charge in [0.2, 0.25) is 0 Å². The summed E-state index contributed by atoms with van der Waals surface area (Å²) in [5.74, 6) is 0.0946. The average Bonchev–Trinajstić information content (AvgIpc) is 2.35. The number of pyridine rings is 1. The molecule has 0 spiro atoms. The molecule has 0 aliphatic heterocycles. The Morgan fingerprint density at radius 3 is 2.19 bits per heavy atom. The lowest BCUT2D eigenvalue weighted by molar-refractivity contribution is 0.167. The first kappa shape index (κ1) is 18.6. The minimum absolute atomic E-state index is 0. The fraction of sp³-hybridized carbons (Fsp3) is 0.364. The molecule has 0 radical (unpaired) electrons.